The summed E-state index contributed by atoms with van der Waals surface area (Å²) in [7, 11) is 3.33. The van der Waals surface area contributed by atoms with E-state index in [0.29, 0.717) is 34.4 Å². The van der Waals surface area contributed by atoms with Crippen molar-refractivity contribution >= 4 is 35.2 Å². The second kappa shape index (κ2) is 8.86. The summed E-state index contributed by atoms with van der Waals surface area (Å²) in [6.45, 7) is 6.73. The highest BCUT2D eigenvalue weighted by Crippen LogP contribution is 2.22. The van der Waals surface area contributed by atoms with Gasteiger partial charge in [0.1, 0.15) is 5.15 Å². The molecule has 0 spiro atoms. The number of nitrogens with one attached hydrogen (secondary N) is 1. The van der Waals surface area contributed by atoms with Crippen molar-refractivity contribution in [3.05, 3.63) is 52.3 Å². The fourth-order valence-electron chi connectivity index (χ4n) is 2.58. The van der Waals surface area contributed by atoms with Gasteiger partial charge in [-0.05, 0) is 31.1 Å². The van der Waals surface area contributed by atoms with Crippen LogP contribution in [0.25, 0.3) is 6.08 Å². The van der Waals surface area contributed by atoms with E-state index >= 15 is 0 Å². The van der Waals surface area contributed by atoms with E-state index in [2.05, 4.69) is 24.3 Å². The Morgan fingerprint density at radius 2 is 1.96 bits per heavy atom. The molecule has 1 heterocycles. The van der Waals surface area contributed by atoms with Gasteiger partial charge in [-0.15, -0.1) is 0 Å². The van der Waals surface area contributed by atoms with Gasteiger partial charge in [0.05, 0.1) is 16.9 Å². The summed E-state index contributed by atoms with van der Waals surface area (Å²) in [5.74, 6) is -0.113. The van der Waals surface area contributed by atoms with Crippen LogP contribution < -0.4 is 5.32 Å². The van der Waals surface area contributed by atoms with Crippen molar-refractivity contribution in [2.45, 2.75) is 27.3 Å². The monoisotopic (exact) mass is 388 g/mol. The van der Waals surface area contributed by atoms with Crippen LogP contribution in [0.15, 0.2) is 30.3 Å². The molecule has 1 N–H and O–H groups in total. The third-order valence-electron chi connectivity index (χ3n) is 3.87. The second-order valence-electron chi connectivity index (χ2n) is 6.93. The maximum absolute atomic E-state index is 12.3. The lowest BCUT2D eigenvalue weighted by Crippen LogP contribution is -2.23. The fourth-order valence-corrected chi connectivity index (χ4v) is 2.88. The molecule has 1 aromatic heterocycles. The van der Waals surface area contributed by atoms with Gasteiger partial charge in [-0.3, -0.25) is 14.3 Å². The van der Waals surface area contributed by atoms with Crippen LogP contribution in [0.5, 0.6) is 0 Å². The molecular formula is C20H25ClN4O2. The van der Waals surface area contributed by atoms with Gasteiger partial charge in [0.15, 0.2) is 0 Å². The van der Waals surface area contributed by atoms with Crippen LogP contribution in [-0.4, -0.2) is 40.6 Å². The van der Waals surface area contributed by atoms with Gasteiger partial charge in [-0.25, -0.2) is 0 Å². The molecule has 0 bridgehead atoms. The molecule has 0 unspecified atom stereocenters. The van der Waals surface area contributed by atoms with E-state index < -0.39 is 0 Å². The highest BCUT2D eigenvalue weighted by molar-refractivity contribution is 6.31. The number of hydrogen-bond donors (Lipinski definition) is 1. The minimum Gasteiger partial charge on any atom is -0.345 e. The molecule has 6 nitrogen and oxygen atoms in total. The Kier molecular flexibility index (Phi) is 6.80. The fraction of sp³-hybridized carbons (Fsp3) is 0.350. The predicted molar refractivity (Wildman–Crippen MR) is 109 cm³/mol. The molecule has 2 amide bonds. The molecular weight excluding hydrogens is 364 g/mol. The molecule has 0 fully saturated rings. The normalized spacial score (nSPS) is 11.2. The van der Waals surface area contributed by atoms with Gasteiger partial charge in [-0.1, -0.05) is 37.6 Å². The number of halogens is 1. The number of amides is 2. The molecule has 0 aliphatic carbocycles. The average molecular weight is 389 g/mol. The van der Waals surface area contributed by atoms with Crippen molar-refractivity contribution in [1.82, 2.24) is 14.7 Å². The lowest BCUT2D eigenvalue weighted by atomic mass is 10.1. The third-order valence-corrected chi connectivity index (χ3v) is 4.27. The maximum Gasteiger partial charge on any atom is 0.255 e. The molecule has 1 aromatic carbocycles. The first kappa shape index (κ1) is 20.7. The number of benzene rings is 1. The zero-order valence-corrected chi connectivity index (χ0v) is 17.0. The molecule has 0 radical (unpaired) electrons. The number of para-hydroxylation sites is 1. The molecule has 2 aromatic rings. The van der Waals surface area contributed by atoms with E-state index in [9.17, 15) is 9.59 Å². The number of aryl methyl sites for hydroxylation is 1. The Balaban J connectivity index is 2.18. The first-order valence-electron chi connectivity index (χ1n) is 8.73. The lowest BCUT2D eigenvalue weighted by molar-refractivity contribution is -0.111. The van der Waals surface area contributed by atoms with Crippen molar-refractivity contribution < 1.29 is 9.59 Å². The van der Waals surface area contributed by atoms with Gasteiger partial charge in [-0.2, -0.15) is 5.10 Å². The van der Waals surface area contributed by atoms with Gasteiger partial charge in [0.25, 0.3) is 5.91 Å². The number of hydrogen-bond acceptors (Lipinski definition) is 3. The summed E-state index contributed by atoms with van der Waals surface area (Å²) in [6, 6.07) is 6.90. The van der Waals surface area contributed by atoms with Crippen molar-refractivity contribution in [2.24, 2.45) is 5.92 Å². The highest BCUT2D eigenvalue weighted by atomic mass is 35.5. The number of aromatic nitrogens is 2. The number of anilines is 1. The van der Waals surface area contributed by atoms with Crippen LogP contribution in [0.4, 0.5) is 5.69 Å². The molecule has 0 saturated carbocycles. The van der Waals surface area contributed by atoms with Gasteiger partial charge < -0.3 is 10.2 Å². The van der Waals surface area contributed by atoms with Crippen molar-refractivity contribution in [3.63, 3.8) is 0 Å². The van der Waals surface area contributed by atoms with Crippen LogP contribution in [0, 0.1) is 12.8 Å². The smallest absolute Gasteiger partial charge is 0.255 e. The van der Waals surface area contributed by atoms with Crippen LogP contribution >= 0.6 is 11.6 Å². The summed E-state index contributed by atoms with van der Waals surface area (Å²) < 4.78 is 1.74. The minimum absolute atomic E-state index is 0.177. The molecule has 0 aliphatic rings. The maximum atomic E-state index is 12.3. The predicted octanol–water partition coefficient (Wildman–Crippen LogP) is 3.85. The standard InChI is InChI=1S/C20H25ClN4O2/c1-13(2)12-25-19(21)15(14(3)23-25)10-11-18(26)22-17-9-7-6-8-16(17)20(27)24(4)5/h6-11,13H,12H2,1-5H3,(H,22,26)/b11-10+. The lowest BCUT2D eigenvalue weighted by Gasteiger charge is -2.14. The Bertz CT molecular complexity index is 869. The van der Waals surface area contributed by atoms with Crippen molar-refractivity contribution in [1.29, 1.82) is 0 Å². The zero-order valence-electron chi connectivity index (χ0n) is 16.3. The number of rotatable bonds is 6. The van der Waals surface area contributed by atoms with Crippen molar-refractivity contribution in [3.8, 4) is 0 Å². The quantitative estimate of drug-likeness (QED) is 0.764. The van der Waals surface area contributed by atoms with E-state index in [0.717, 1.165) is 5.69 Å². The molecule has 2 rings (SSSR count). The average Bonchev–Trinajstić information content (AvgIpc) is 2.85. The van der Waals surface area contributed by atoms with E-state index in [4.69, 9.17) is 11.6 Å². The summed E-state index contributed by atoms with van der Waals surface area (Å²) in [6.07, 6.45) is 3.04. The van der Waals surface area contributed by atoms with E-state index in [1.807, 2.05) is 6.92 Å². The summed E-state index contributed by atoms with van der Waals surface area (Å²) in [5, 5.41) is 7.68. The van der Waals surface area contributed by atoms with Gasteiger partial charge in [0, 0.05) is 32.3 Å². The number of carbonyl (C=O) groups excluding carboxylic acids is 2. The minimum atomic E-state index is -0.346. The highest BCUT2D eigenvalue weighted by Gasteiger charge is 2.15. The molecule has 0 atom stereocenters. The Hall–Kier alpha value is -2.60. The third kappa shape index (κ3) is 5.20. The molecule has 27 heavy (non-hydrogen) atoms. The second-order valence-corrected chi connectivity index (χ2v) is 7.29. The Morgan fingerprint density at radius 1 is 1.30 bits per heavy atom. The van der Waals surface area contributed by atoms with Crippen molar-refractivity contribution in [2.75, 3.05) is 19.4 Å². The SMILES string of the molecule is Cc1nn(CC(C)C)c(Cl)c1/C=C/C(=O)Nc1ccccc1C(=O)N(C)C. The van der Waals surface area contributed by atoms with E-state index in [-0.39, 0.29) is 11.8 Å². The van der Waals surface area contributed by atoms with Crippen LogP contribution in [0.1, 0.15) is 35.5 Å². The summed E-state index contributed by atoms with van der Waals surface area (Å²) in [5.41, 5.74) is 2.37. The zero-order chi connectivity index (χ0) is 20.1. The van der Waals surface area contributed by atoms with E-state index in [1.165, 1.54) is 11.0 Å². The van der Waals surface area contributed by atoms with Crippen LogP contribution in [-0.2, 0) is 11.3 Å². The Labute approximate surface area is 164 Å². The summed E-state index contributed by atoms with van der Waals surface area (Å²) >= 11 is 6.39. The topological polar surface area (TPSA) is 67.2 Å². The van der Waals surface area contributed by atoms with Crippen LogP contribution in [0.3, 0.4) is 0 Å². The molecule has 0 aliphatic heterocycles. The van der Waals surface area contributed by atoms with Gasteiger partial charge >= 0.3 is 0 Å². The molecule has 144 valence electrons. The molecule has 7 heteroatoms. The Morgan fingerprint density at radius 3 is 2.59 bits per heavy atom. The first-order chi connectivity index (χ1) is 12.7. The van der Waals surface area contributed by atoms with E-state index in [1.54, 1.807) is 49.1 Å². The first-order valence-corrected chi connectivity index (χ1v) is 9.11. The number of carbonyl (C=O) groups is 2. The largest absolute Gasteiger partial charge is 0.345 e. The number of nitrogens with zero attached hydrogens (tertiary/aromatic N) is 3. The molecule has 0 saturated heterocycles. The summed E-state index contributed by atoms with van der Waals surface area (Å²) in [4.78, 5) is 26.0. The van der Waals surface area contributed by atoms with Crippen LogP contribution in [0.2, 0.25) is 5.15 Å². The van der Waals surface area contributed by atoms with Gasteiger partial charge in [0.2, 0.25) is 5.91 Å².